The summed E-state index contributed by atoms with van der Waals surface area (Å²) < 4.78 is 0. The van der Waals surface area contributed by atoms with E-state index in [1.165, 1.54) is 6.20 Å². The minimum Gasteiger partial charge on any atom is -0.390 e. The second kappa shape index (κ2) is 5.64. The highest BCUT2D eigenvalue weighted by Crippen LogP contribution is 2.36. The maximum Gasteiger partial charge on any atom is 0.0859 e. The van der Waals surface area contributed by atoms with Crippen molar-refractivity contribution in [3.05, 3.63) is 50.2 Å². The zero-order valence-corrected chi connectivity index (χ0v) is 11.9. The number of nitrogens with zero attached hydrogens (tertiary/aromatic N) is 1. The molecule has 6 heteroatoms. The van der Waals surface area contributed by atoms with E-state index in [9.17, 15) is 5.11 Å². The number of benzene rings is 1. The number of hydrogen-bond acceptors (Lipinski definition) is 2. The quantitative estimate of drug-likeness (QED) is 0.801. The molecule has 2 aromatic rings. The molecule has 0 aliphatic rings. The van der Waals surface area contributed by atoms with Crippen LogP contribution in [0.3, 0.4) is 0 Å². The predicted octanol–water partition coefficient (Wildman–Crippen LogP) is 4.85. The molecule has 1 aromatic carbocycles. The molecule has 2 nitrogen and oxygen atoms in total. The van der Waals surface area contributed by atoms with E-state index in [-0.39, 0.29) is 6.61 Å². The predicted molar refractivity (Wildman–Crippen MR) is 75.6 cm³/mol. The molecule has 0 saturated heterocycles. The fraction of sp³-hybridized carbons (Fsp3) is 0.0833. The molecule has 0 amide bonds. The molecule has 0 atom stereocenters. The molecule has 0 fully saturated rings. The van der Waals surface area contributed by atoms with Gasteiger partial charge in [-0.15, -0.1) is 0 Å². The highest BCUT2D eigenvalue weighted by atomic mass is 35.5. The van der Waals surface area contributed by atoms with E-state index in [1.54, 1.807) is 18.2 Å². The molecule has 0 radical (unpaired) electrons. The summed E-state index contributed by atoms with van der Waals surface area (Å²) in [5.74, 6) is 0. The van der Waals surface area contributed by atoms with Gasteiger partial charge >= 0.3 is 0 Å². The molecular formula is C12H7Cl4NO. The molecule has 0 saturated carbocycles. The summed E-state index contributed by atoms with van der Waals surface area (Å²) in [5, 5.41) is 10.7. The van der Waals surface area contributed by atoms with Crippen LogP contribution in [0.25, 0.3) is 11.1 Å². The van der Waals surface area contributed by atoms with Crippen molar-refractivity contribution < 1.29 is 5.11 Å². The van der Waals surface area contributed by atoms with Gasteiger partial charge in [-0.1, -0.05) is 46.4 Å². The van der Waals surface area contributed by atoms with Gasteiger partial charge in [0, 0.05) is 11.8 Å². The number of aromatic nitrogens is 1. The second-order valence-corrected chi connectivity index (χ2v) is 5.19. The summed E-state index contributed by atoms with van der Waals surface area (Å²) in [6.07, 6.45) is 1.47. The third kappa shape index (κ3) is 2.73. The van der Waals surface area contributed by atoms with Crippen LogP contribution >= 0.6 is 46.4 Å². The van der Waals surface area contributed by atoms with Gasteiger partial charge in [0.15, 0.2) is 0 Å². The molecule has 1 aromatic heterocycles. The summed E-state index contributed by atoms with van der Waals surface area (Å²) in [4.78, 5) is 4.05. The lowest BCUT2D eigenvalue weighted by Crippen LogP contribution is -1.94. The van der Waals surface area contributed by atoms with Crippen molar-refractivity contribution in [2.45, 2.75) is 6.61 Å². The van der Waals surface area contributed by atoms with Crippen LogP contribution in [0.2, 0.25) is 20.1 Å². The first-order chi connectivity index (χ1) is 8.52. The molecule has 1 N–H and O–H groups in total. The third-order valence-corrected chi connectivity index (χ3v) is 3.78. The number of halogens is 4. The molecule has 2 rings (SSSR count). The Balaban J connectivity index is 2.65. The van der Waals surface area contributed by atoms with E-state index >= 15 is 0 Å². The number of pyridine rings is 1. The van der Waals surface area contributed by atoms with E-state index < -0.39 is 0 Å². The molecule has 0 spiro atoms. The number of hydrogen-bond donors (Lipinski definition) is 1. The maximum absolute atomic E-state index is 9.27. The molecule has 0 bridgehead atoms. The molecule has 18 heavy (non-hydrogen) atoms. The van der Waals surface area contributed by atoms with Crippen LogP contribution in [-0.2, 0) is 6.61 Å². The topological polar surface area (TPSA) is 33.1 Å². The Morgan fingerprint density at radius 3 is 2.17 bits per heavy atom. The first kappa shape index (κ1) is 13.9. The van der Waals surface area contributed by atoms with E-state index in [0.29, 0.717) is 36.9 Å². The normalized spacial score (nSPS) is 10.7. The van der Waals surface area contributed by atoms with Crippen LogP contribution in [0, 0.1) is 0 Å². The van der Waals surface area contributed by atoms with Crippen LogP contribution in [0.5, 0.6) is 0 Å². The van der Waals surface area contributed by atoms with E-state index in [1.807, 2.05) is 0 Å². The summed E-state index contributed by atoms with van der Waals surface area (Å²) in [6, 6.07) is 5.00. The van der Waals surface area contributed by atoms with Crippen molar-refractivity contribution in [2.24, 2.45) is 0 Å². The largest absolute Gasteiger partial charge is 0.390 e. The van der Waals surface area contributed by atoms with Crippen LogP contribution < -0.4 is 0 Å². The first-order valence-electron chi connectivity index (χ1n) is 4.93. The smallest absolute Gasteiger partial charge is 0.0859 e. The summed E-state index contributed by atoms with van der Waals surface area (Å²) in [5.41, 5.74) is 1.87. The Kier molecular flexibility index (Phi) is 4.36. The van der Waals surface area contributed by atoms with Crippen molar-refractivity contribution >= 4 is 46.4 Å². The number of aliphatic hydroxyl groups excluding tert-OH is 1. The molecule has 0 aliphatic heterocycles. The lowest BCUT2D eigenvalue weighted by molar-refractivity contribution is 0.277. The van der Waals surface area contributed by atoms with Crippen LogP contribution in [-0.4, -0.2) is 10.1 Å². The highest BCUT2D eigenvalue weighted by Gasteiger charge is 2.11. The minimum absolute atomic E-state index is 0.204. The first-order valence-corrected chi connectivity index (χ1v) is 6.44. The highest BCUT2D eigenvalue weighted by molar-refractivity contribution is 6.48. The van der Waals surface area contributed by atoms with Gasteiger partial charge in [0.2, 0.25) is 0 Å². The molecule has 0 unspecified atom stereocenters. The van der Waals surface area contributed by atoms with Crippen LogP contribution in [0.1, 0.15) is 5.69 Å². The van der Waals surface area contributed by atoms with Crippen LogP contribution in [0.4, 0.5) is 0 Å². The average Bonchev–Trinajstić information content (AvgIpc) is 2.35. The maximum atomic E-state index is 9.27. The van der Waals surface area contributed by atoms with Gasteiger partial charge in [0.1, 0.15) is 0 Å². The third-order valence-electron chi connectivity index (χ3n) is 2.38. The number of aliphatic hydroxyl groups is 1. The Morgan fingerprint density at radius 2 is 1.61 bits per heavy atom. The number of rotatable bonds is 2. The molecular weight excluding hydrogens is 316 g/mol. The van der Waals surface area contributed by atoms with Crippen molar-refractivity contribution in [1.29, 1.82) is 0 Å². The van der Waals surface area contributed by atoms with Gasteiger partial charge in [-0.25, -0.2) is 0 Å². The molecule has 1 heterocycles. The van der Waals surface area contributed by atoms with E-state index in [2.05, 4.69) is 4.98 Å². The Morgan fingerprint density at radius 1 is 1.00 bits per heavy atom. The van der Waals surface area contributed by atoms with Crippen molar-refractivity contribution in [3.8, 4) is 11.1 Å². The average molecular weight is 323 g/mol. The van der Waals surface area contributed by atoms with E-state index in [0.717, 1.165) is 0 Å². The second-order valence-electron chi connectivity index (χ2n) is 3.56. The van der Waals surface area contributed by atoms with Gasteiger partial charge in [-0.3, -0.25) is 4.98 Å². The monoisotopic (exact) mass is 321 g/mol. The molecule has 0 aliphatic carbocycles. The minimum atomic E-state index is -0.204. The lowest BCUT2D eigenvalue weighted by atomic mass is 10.0. The Labute approximate surface area is 124 Å². The Hall–Kier alpha value is -0.510. The van der Waals surface area contributed by atoms with Crippen molar-refractivity contribution in [1.82, 2.24) is 4.98 Å². The van der Waals surface area contributed by atoms with Crippen molar-refractivity contribution in [3.63, 3.8) is 0 Å². The summed E-state index contributed by atoms with van der Waals surface area (Å²) in [7, 11) is 0. The fourth-order valence-electron chi connectivity index (χ4n) is 1.55. The summed E-state index contributed by atoms with van der Waals surface area (Å²) in [6.45, 7) is -0.204. The Bertz CT molecular complexity index is 578. The van der Waals surface area contributed by atoms with Crippen LogP contribution in [0.15, 0.2) is 24.4 Å². The van der Waals surface area contributed by atoms with Gasteiger partial charge in [0.25, 0.3) is 0 Å². The lowest BCUT2D eigenvalue weighted by Gasteiger charge is -2.09. The van der Waals surface area contributed by atoms with Gasteiger partial charge in [-0.05, 0) is 23.8 Å². The van der Waals surface area contributed by atoms with E-state index in [4.69, 9.17) is 46.4 Å². The van der Waals surface area contributed by atoms with Gasteiger partial charge in [-0.2, -0.15) is 0 Å². The van der Waals surface area contributed by atoms with Gasteiger partial charge < -0.3 is 5.11 Å². The van der Waals surface area contributed by atoms with Gasteiger partial charge in [0.05, 0.1) is 32.4 Å². The SMILES string of the molecule is OCc1ncc(Cl)cc1-c1cc(Cl)c(Cl)c(Cl)c1. The summed E-state index contributed by atoms with van der Waals surface area (Å²) >= 11 is 23.7. The van der Waals surface area contributed by atoms with Crippen molar-refractivity contribution in [2.75, 3.05) is 0 Å². The standard InChI is InChI=1S/C12H7Cl4NO/c13-7-3-8(11(5-18)17-4-7)6-1-9(14)12(16)10(15)2-6/h1-4,18H,5H2. The molecule has 94 valence electrons. The fourth-order valence-corrected chi connectivity index (χ4v) is 2.31. The zero-order chi connectivity index (χ0) is 13.3. The zero-order valence-electron chi connectivity index (χ0n) is 8.92.